The smallest absolute Gasteiger partial charge is 0.327 e. The molecule has 2 aliphatic rings. The third-order valence-electron chi connectivity index (χ3n) is 7.65. The van der Waals surface area contributed by atoms with Gasteiger partial charge in [0.15, 0.2) is 0 Å². The second-order valence-corrected chi connectivity index (χ2v) is 14.2. The van der Waals surface area contributed by atoms with Crippen molar-refractivity contribution in [3.05, 3.63) is 84.0 Å². The molecule has 2 aromatic rings. The number of rotatable bonds is 10. The van der Waals surface area contributed by atoms with Crippen LogP contribution in [-0.4, -0.2) is 53.2 Å². The number of anilines is 2. The van der Waals surface area contributed by atoms with Gasteiger partial charge >= 0.3 is 17.9 Å². The lowest BCUT2D eigenvalue weighted by molar-refractivity contribution is -0.156. The Morgan fingerprint density at radius 1 is 0.776 bits per heavy atom. The molecule has 0 saturated heterocycles. The molecule has 9 nitrogen and oxygen atoms in total. The quantitative estimate of drug-likeness (QED) is 0.192. The highest BCUT2D eigenvalue weighted by Crippen LogP contribution is 2.28. The number of benzene rings is 2. The minimum Gasteiger partial charge on any atom is -0.478 e. The summed E-state index contributed by atoms with van der Waals surface area (Å²) in [5, 5.41) is 11.8. The van der Waals surface area contributed by atoms with E-state index in [1.54, 1.807) is 31.7 Å². The van der Waals surface area contributed by atoms with Crippen molar-refractivity contribution < 1.29 is 33.8 Å². The minimum atomic E-state index is -0.998. The van der Waals surface area contributed by atoms with Gasteiger partial charge in [-0.05, 0) is 108 Å². The van der Waals surface area contributed by atoms with Crippen molar-refractivity contribution in [3.8, 4) is 0 Å². The van der Waals surface area contributed by atoms with Gasteiger partial charge < -0.3 is 24.8 Å². The van der Waals surface area contributed by atoms with E-state index in [4.69, 9.17) is 14.6 Å². The first kappa shape index (κ1) is 40.8. The summed E-state index contributed by atoms with van der Waals surface area (Å²) in [7, 11) is 0. The maximum atomic E-state index is 12.5. The molecular formula is C40H56N2O7. The zero-order chi connectivity index (χ0) is 36.6. The lowest BCUT2D eigenvalue weighted by atomic mass is 10.0. The molecule has 268 valence electrons. The molecule has 0 spiro atoms. The maximum absolute atomic E-state index is 12.5. The van der Waals surface area contributed by atoms with Crippen LogP contribution in [0.1, 0.15) is 92.2 Å². The highest BCUT2D eigenvalue weighted by Gasteiger charge is 2.23. The first-order chi connectivity index (χ1) is 23.0. The van der Waals surface area contributed by atoms with Gasteiger partial charge in [-0.2, -0.15) is 0 Å². The third kappa shape index (κ3) is 16.0. The van der Waals surface area contributed by atoms with Crippen LogP contribution in [0.3, 0.4) is 0 Å². The van der Waals surface area contributed by atoms with Crippen LogP contribution in [0.15, 0.2) is 72.8 Å². The number of para-hydroxylation sites is 2. The summed E-state index contributed by atoms with van der Waals surface area (Å²) in [6.07, 6.45) is 10.1. The molecule has 2 aliphatic heterocycles. The SMILES string of the molecule is CC[C@@H](/C=C/C(=O)N1CCc2ccccc21)CC(=O)OC(C)(C)C.CC[C@@H](/C=C/C(=O)O)CC(=O)OC(C)(C)C.c1ccc2c(c1)CCN2. The van der Waals surface area contributed by atoms with E-state index in [-0.39, 0.29) is 36.1 Å². The lowest BCUT2D eigenvalue weighted by Gasteiger charge is -2.21. The number of hydrogen-bond acceptors (Lipinski definition) is 7. The Kier molecular flexibility index (Phi) is 16.3. The highest BCUT2D eigenvalue weighted by atomic mass is 16.6. The van der Waals surface area contributed by atoms with E-state index in [1.807, 2.05) is 58.9 Å². The van der Waals surface area contributed by atoms with Gasteiger partial charge in [-0.15, -0.1) is 0 Å². The molecule has 0 fully saturated rings. The number of carbonyl (C=O) groups excluding carboxylic acids is 3. The molecule has 0 aromatic heterocycles. The number of aliphatic carboxylic acids is 1. The molecule has 0 aliphatic carbocycles. The lowest BCUT2D eigenvalue weighted by Crippen LogP contribution is -2.27. The molecule has 9 heteroatoms. The Bertz CT molecular complexity index is 1430. The van der Waals surface area contributed by atoms with Crippen LogP contribution in [0.25, 0.3) is 0 Å². The Hall–Kier alpha value is -4.40. The molecule has 4 rings (SSSR count). The molecule has 1 amide bonds. The minimum absolute atomic E-state index is 0.0154. The van der Waals surface area contributed by atoms with Crippen LogP contribution < -0.4 is 10.2 Å². The molecular weight excluding hydrogens is 620 g/mol. The zero-order valence-corrected chi connectivity index (χ0v) is 30.6. The maximum Gasteiger partial charge on any atom is 0.327 e. The van der Waals surface area contributed by atoms with Gasteiger partial charge in [0, 0.05) is 30.5 Å². The van der Waals surface area contributed by atoms with Crippen LogP contribution in [-0.2, 0) is 41.5 Å². The second kappa shape index (κ2) is 19.6. The fourth-order valence-electron chi connectivity index (χ4n) is 5.23. The van der Waals surface area contributed by atoms with Crippen LogP contribution in [0, 0.1) is 11.8 Å². The van der Waals surface area contributed by atoms with E-state index in [0.29, 0.717) is 19.4 Å². The first-order valence-electron chi connectivity index (χ1n) is 17.3. The summed E-state index contributed by atoms with van der Waals surface area (Å²) < 4.78 is 10.5. The molecule has 2 aromatic carbocycles. The van der Waals surface area contributed by atoms with Gasteiger partial charge in [0.05, 0.1) is 12.8 Å². The number of esters is 2. The number of ether oxygens (including phenoxy) is 2. The molecule has 0 bridgehead atoms. The fourth-order valence-corrected chi connectivity index (χ4v) is 5.23. The van der Waals surface area contributed by atoms with Crippen LogP contribution in [0.4, 0.5) is 11.4 Å². The van der Waals surface area contributed by atoms with E-state index in [2.05, 4.69) is 35.6 Å². The first-order valence-corrected chi connectivity index (χ1v) is 17.3. The van der Waals surface area contributed by atoms with Gasteiger partial charge in [-0.3, -0.25) is 14.4 Å². The Morgan fingerprint density at radius 3 is 1.80 bits per heavy atom. The molecule has 0 unspecified atom stereocenters. The van der Waals surface area contributed by atoms with Crippen molar-refractivity contribution in [1.82, 2.24) is 0 Å². The normalized spacial score (nSPS) is 14.7. The van der Waals surface area contributed by atoms with E-state index >= 15 is 0 Å². The largest absolute Gasteiger partial charge is 0.478 e. The number of carboxylic acid groups (broad SMARTS) is 1. The summed E-state index contributed by atoms with van der Waals surface area (Å²) in [5.74, 6) is -1.61. The van der Waals surface area contributed by atoms with Gasteiger partial charge in [0.2, 0.25) is 0 Å². The van der Waals surface area contributed by atoms with Gasteiger partial charge in [-0.25, -0.2) is 4.79 Å². The van der Waals surface area contributed by atoms with Crippen molar-refractivity contribution in [2.75, 3.05) is 23.3 Å². The average Bonchev–Trinajstić information content (AvgIpc) is 3.67. The van der Waals surface area contributed by atoms with Crippen molar-refractivity contribution in [2.45, 2.75) is 105 Å². The number of fused-ring (bicyclic) bond motifs is 2. The van der Waals surface area contributed by atoms with Crippen LogP contribution in [0.5, 0.6) is 0 Å². The van der Waals surface area contributed by atoms with Gasteiger partial charge in [0.1, 0.15) is 11.2 Å². The van der Waals surface area contributed by atoms with E-state index in [0.717, 1.165) is 31.1 Å². The third-order valence-corrected chi connectivity index (χ3v) is 7.65. The molecule has 0 saturated carbocycles. The molecule has 2 N–H and O–H groups in total. The van der Waals surface area contributed by atoms with Crippen LogP contribution in [0.2, 0.25) is 0 Å². The summed E-state index contributed by atoms with van der Waals surface area (Å²) >= 11 is 0. The van der Waals surface area contributed by atoms with Crippen molar-refractivity contribution in [1.29, 1.82) is 0 Å². The van der Waals surface area contributed by atoms with Crippen molar-refractivity contribution in [2.24, 2.45) is 11.8 Å². The topological polar surface area (TPSA) is 122 Å². The summed E-state index contributed by atoms with van der Waals surface area (Å²) in [6, 6.07) is 16.4. The molecule has 2 atom stereocenters. The number of carboxylic acids is 1. The number of amides is 1. The van der Waals surface area contributed by atoms with Crippen LogP contribution >= 0.6 is 0 Å². The molecule has 2 heterocycles. The Labute approximate surface area is 292 Å². The predicted octanol–water partition coefficient (Wildman–Crippen LogP) is 7.93. The van der Waals surface area contributed by atoms with Gasteiger partial charge in [-0.1, -0.05) is 62.4 Å². The highest BCUT2D eigenvalue weighted by molar-refractivity contribution is 6.02. The number of nitrogens with zero attached hydrogens (tertiary/aromatic N) is 1. The standard InChI is InChI=1S/C20H27NO3.C12H20O4.C8H9N/c1-5-15(14-19(23)24-20(2,3)4)10-11-18(22)21-13-12-16-8-6-7-9-17(16)21;1-5-9(6-7-10(13)14)8-11(15)16-12(2,3)4;1-2-4-8-7(3-1)5-6-9-8/h6-11,15H,5,12-14H2,1-4H3;6-7,9H,5,8H2,1-4H3,(H,13,14);1-4,9H,5-6H2/b11-10+;7-6+;/t15-;9-;/m00./s1. The zero-order valence-electron chi connectivity index (χ0n) is 30.6. The number of nitrogens with one attached hydrogen (secondary N) is 1. The van der Waals surface area contributed by atoms with Crippen molar-refractivity contribution in [3.63, 3.8) is 0 Å². The summed E-state index contributed by atoms with van der Waals surface area (Å²) in [4.78, 5) is 48.0. The Morgan fingerprint density at radius 2 is 1.29 bits per heavy atom. The number of hydrogen-bond donors (Lipinski definition) is 2. The fraction of sp³-hybridized carbons (Fsp3) is 0.500. The molecule has 0 radical (unpaired) electrons. The second-order valence-electron chi connectivity index (χ2n) is 14.2. The predicted molar refractivity (Wildman–Crippen MR) is 196 cm³/mol. The van der Waals surface area contributed by atoms with E-state index in [9.17, 15) is 19.2 Å². The summed E-state index contributed by atoms with van der Waals surface area (Å²) in [5.41, 5.74) is 4.00. The Balaban J connectivity index is 0.000000284. The monoisotopic (exact) mass is 676 g/mol. The number of carbonyl (C=O) groups is 4. The van der Waals surface area contributed by atoms with Crippen molar-refractivity contribution >= 4 is 35.2 Å². The van der Waals surface area contributed by atoms with Gasteiger partial charge in [0.25, 0.3) is 5.91 Å². The van der Waals surface area contributed by atoms with E-state index in [1.165, 1.54) is 29.3 Å². The summed E-state index contributed by atoms with van der Waals surface area (Å²) in [6.45, 7) is 16.7. The molecule has 49 heavy (non-hydrogen) atoms. The van der Waals surface area contributed by atoms with E-state index < -0.39 is 17.2 Å². The number of allylic oxidation sites excluding steroid dienone is 2. The average molecular weight is 677 g/mol.